The fourth-order valence-corrected chi connectivity index (χ4v) is 2.75. The molecule has 0 fully saturated rings. The molecule has 0 saturated heterocycles. The highest BCUT2D eigenvalue weighted by atomic mass is 19.4. The van der Waals surface area contributed by atoms with Gasteiger partial charge in [-0.15, -0.1) is 0 Å². The first-order valence-corrected chi connectivity index (χ1v) is 10.2. The Hall–Kier alpha value is -3.23. The molecular weight excluding hydrogens is 425 g/mol. The van der Waals surface area contributed by atoms with E-state index in [1.54, 1.807) is 52.0 Å². The highest BCUT2D eigenvalue weighted by molar-refractivity contribution is 6.00. The molecule has 0 heterocycles. The molecule has 0 aliphatic rings. The fraction of sp³-hybridized carbons (Fsp3) is 0.391. The topological polar surface area (TPSA) is 76.7 Å². The lowest BCUT2D eigenvalue weighted by molar-refractivity contribution is -0.153. The maximum absolute atomic E-state index is 13.0. The van der Waals surface area contributed by atoms with Crippen LogP contribution in [-0.2, 0) is 4.79 Å². The quantitative estimate of drug-likeness (QED) is 0.554. The number of hydrogen-bond donors (Lipinski definition) is 2. The SMILES string of the molecule is CCOc1ccc(NC(=O)C(C)C)cc1C(=O)NC(C)c1cccc(OCC(F)(F)F)c1. The number of ether oxygens (including phenoxy) is 2. The van der Waals surface area contributed by atoms with Crippen LogP contribution >= 0.6 is 0 Å². The molecule has 1 atom stereocenters. The van der Waals surface area contributed by atoms with Gasteiger partial charge in [0.05, 0.1) is 18.2 Å². The number of anilines is 1. The standard InChI is InChI=1S/C23H27F3N2O4/c1-5-31-20-10-9-17(28-21(29)14(2)3)12-19(20)22(30)27-15(4)16-7-6-8-18(11-16)32-13-23(24,25)26/h6-12,14-15H,5,13H2,1-4H3,(H,27,30)(H,28,29). The van der Waals surface area contributed by atoms with Gasteiger partial charge >= 0.3 is 6.18 Å². The van der Waals surface area contributed by atoms with E-state index in [0.717, 1.165) is 0 Å². The number of nitrogens with one attached hydrogen (secondary N) is 2. The predicted octanol–water partition coefficient (Wildman–Crippen LogP) is 5.11. The van der Waals surface area contributed by atoms with Crippen LogP contribution in [-0.4, -0.2) is 31.2 Å². The summed E-state index contributed by atoms with van der Waals surface area (Å²) in [5.41, 5.74) is 1.25. The molecule has 2 N–H and O–H groups in total. The van der Waals surface area contributed by atoms with Crippen LogP contribution < -0.4 is 20.1 Å². The third kappa shape index (κ3) is 7.47. The number of halogens is 3. The van der Waals surface area contributed by atoms with Crippen molar-refractivity contribution in [3.63, 3.8) is 0 Å². The van der Waals surface area contributed by atoms with Crippen LogP contribution in [0.1, 0.15) is 49.7 Å². The second-order valence-electron chi connectivity index (χ2n) is 7.46. The van der Waals surface area contributed by atoms with Gasteiger partial charge in [0, 0.05) is 11.6 Å². The summed E-state index contributed by atoms with van der Waals surface area (Å²) in [7, 11) is 0. The Kier molecular flexibility index (Phi) is 8.51. The molecule has 0 aliphatic carbocycles. The van der Waals surface area contributed by atoms with Gasteiger partial charge in [0.25, 0.3) is 5.91 Å². The monoisotopic (exact) mass is 452 g/mol. The second kappa shape index (κ2) is 10.9. The molecule has 2 aromatic carbocycles. The van der Waals surface area contributed by atoms with Gasteiger partial charge in [-0.2, -0.15) is 13.2 Å². The van der Waals surface area contributed by atoms with Crippen molar-refractivity contribution in [1.29, 1.82) is 0 Å². The van der Waals surface area contributed by atoms with Crippen LogP contribution in [0.3, 0.4) is 0 Å². The summed E-state index contributed by atoms with van der Waals surface area (Å²) in [6.45, 7) is 5.93. The van der Waals surface area contributed by atoms with Gasteiger partial charge in [0.1, 0.15) is 11.5 Å². The number of amides is 2. The lowest BCUT2D eigenvalue weighted by Crippen LogP contribution is -2.27. The number of carbonyl (C=O) groups excluding carboxylic acids is 2. The zero-order chi connectivity index (χ0) is 23.9. The summed E-state index contributed by atoms with van der Waals surface area (Å²) in [6.07, 6.45) is -4.44. The highest BCUT2D eigenvalue weighted by Crippen LogP contribution is 2.26. The van der Waals surface area contributed by atoms with E-state index in [-0.39, 0.29) is 23.1 Å². The Morgan fingerprint density at radius 2 is 1.75 bits per heavy atom. The van der Waals surface area contributed by atoms with Crippen LogP contribution in [0.5, 0.6) is 11.5 Å². The van der Waals surface area contributed by atoms with Crippen LogP contribution in [0.15, 0.2) is 42.5 Å². The fourth-order valence-electron chi connectivity index (χ4n) is 2.75. The number of rotatable bonds is 9. The minimum atomic E-state index is -4.44. The second-order valence-corrected chi connectivity index (χ2v) is 7.46. The van der Waals surface area contributed by atoms with Crippen molar-refractivity contribution in [2.75, 3.05) is 18.5 Å². The first-order valence-electron chi connectivity index (χ1n) is 10.2. The Balaban J connectivity index is 2.19. The van der Waals surface area contributed by atoms with Gasteiger partial charge in [-0.1, -0.05) is 26.0 Å². The van der Waals surface area contributed by atoms with Gasteiger partial charge < -0.3 is 20.1 Å². The molecule has 2 amide bonds. The number of benzene rings is 2. The van der Waals surface area contributed by atoms with Crippen LogP contribution in [0, 0.1) is 5.92 Å². The van der Waals surface area contributed by atoms with E-state index in [1.807, 2.05) is 0 Å². The molecular formula is C23H27F3N2O4. The van der Waals surface area contributed by atoms with Crippen LogP contribution in [0.25, 0.3) is 0 Å². The van der Waals surface area contributed by atoms with Crippen molar-refractivity contribution in [3.8, 4) is 11.5 Å². The maximum Gasteiger partial charge on any atom is 0.422 e. The smallest absolute Gasteiger partial charge is 0.422 e. The van der Waals surface area contributed by atoms with E-state index in [2.05, 4.69) is 10.6 Å². The molecule has 2 rings (SSSR count). The number of alkyl halides is 3. The van der Waals surface area contributed by atoms with Crippen molar-refractivity contribution in [3.05, 3.63) is 53.6 Å². The molecule has 0 radical (unpaired) electrons. The Bertz CT molecular complexity index is 945. The van der Waals surface area contributed by atoms with Gasteiger partial charge in [-0.3, -0.25) is 9.59 Å². The van der Waals surface area contributed by atoms with E-state index < -0.39 is 24.7 Å². The summed E-state index contributed by atoms with van der Waals surface area (Å²) >= 11 is 0. The van der Waals surface area contributed by atoms with Crippen LogP contribution in [0.2, 0.25) is 0 Å². The van der Waals surface area contributed by atoms with Gasteiger partial charge in [0.15, 0.2) is 6.61 Å². The van der Waals surface area contributed by atoms with E-state index in [4.69, 9.17) is 9.47 Å². The molecule has 0 spiro atoms. The number of hydrogen-bond acceptors (Lipinski definition) is 4. The van der Waals surface area contributed by atoms with Gasteiger partial charge in [-0.25, -0.2) is 0 Å². The zero-order valence-corrected chi connectivity index (χ0v) is 18.4. The van der Waals surface area contributed by atoms with Crippen molar-refractivity contribution in [1.82, 2.24) is 5.32 Å². The molecule has 6 nitrogen and oxygen atoms in total. The van der Waals surface area contributed by atoms with Crippen LogP contribution in [0.4, 0.5) is 18.9 Å². The summed E-state index contributed by atoms with van der Waals surface area (Å²) in [5.74, 6) is -0.477. The molecule has 0 aromatic heterocycles. The Labute approximate surface area is 185 Å². The summed E-state index contributed by atoms with van der Waals surface area (Å²) in [5, 5.41) is 5.55. The first-order chi connectivity index (χ1) is 15.0. The van der Waals surface area contributed by atoms with E-state index in [9.17, 15) is 22.8 Å². The first kappa shape index (κ1) is 25.0. The van der Waals surface area contributed by atoms with E-state index in [1.165, 1.54) is 18.2 Å². The van der Waals surface area contributed by atoms with Gasteiger partial charge in [0.2, 0.25) is 5.91 Å². The lowest BCUT2D eigenvalue weighted by atomic mass is 10.1. The third-order valence-electron chi connectivity index (χ3n) is 4.42. The van der Waals surface area contributed by atoms with Crippen molar-refractivity contribution in [2.45, 2.75) is 39.9 Å². The third-order valence-corrected chi connectivity index (χ3v) is 4.42. The summed E-state index contributed by atoms with van der Waals surface area (Å²) in [4.78, 5) is 24.9. The average molecular weight is 452 g/mol. The lowest BCUT2D eigenvalue weighted by Gasteiger charge is -2.18. The van der Waals surface area contributed by atoms with E-state index >= 15 is 0 Å². The zero-order valence-electron chi connectivity index (χ0n) is 18.4. The molecule has 0 aliphatic heterocycles. The summed E-state index contributed by atoms with van der Waals surface area (Å²) < 4.78 is 47.5. The van der Waals surface area contributed by atoms with E-state index in [0.29, 0.717) is 23.6 Å². The van der Waals surface area contributed by atoms with Gasteiger partial charge in [-0.05, 0) is 49.7 Å². The molecule has 2 aromatic rings. The molecule has 174 valence electrons. The normalized spacial score (nSPS) is 12.2. The minimum absolute atomic E-state index is 0.0503. The Morgan fingerprint density at radius 1 is 1.03 bits per heavy atom. The predicted molar refractivity (Wildman–Crippen MR) is 115 cm³/mol. The largest absolute Gasteiger partial charge is 0.493 e. The molecule has 0 saturated carbocycles. The molecule has 1 unspecified atom stereocenters. The maximum atomic E-state index is 13.0. The van der Waals surface area contributed by atoms with Crippen molar-refractivity contribution in [2.24, 2.45) is 5.92 Å². The van der Waals surface area contributed by atoms with Crippen molar-refractivity contribution >= 4 is 17.5 Å². The molecule has 32 heavy (non-hydrogen) atoms. The number of carbonyl (C=O) groups is 2. The van der Waals surface area contributed by atoms with Crippen molar-refractivity contribution < 1.29 is 32.2 Å². The summed E-state index contributed by atoms with van der Waals surface area (Å²) in [6, 6.07) is 10.3. The highest BCUT2D eigenvalue weighted by Gasteiger charge is 2.28. The molecule has 9 heteroatoms. The minimum Gasteiger partial charge on any atom is -0.493 e. The molecule has 0 bridgehead atoms. The Morgan fingerprint density at radius 3 is 2.38 bits per heavy atom. The average Bonchev–Trinajstić information content (AvgIpc) is 2.73.